The lowest BCUT2D eigenvalue weighted by Gasteiger charge is -2.36. The summed E-state index contributed by atoms with van der Waals surface area (Å²) in [5, 5.41) is 3.05. The molecule has 0 atom stereocenters. The molecule has 2 fully saturated rings. The lowest BCUT2D eigenvalue weighted by atomic mass is 9.88. The number of anilines is 1. The number of aryl methyl sites for hydroxylation is 2. The van der Waals surface area contributed by atoms with Crippen molar-refractivity contribution in [3.8, 4) is 0 Å². The monoisotopic (exact) mass is 357 g/mol. The smallest absolute Gasteiger partial charge is 0.238 e. The van der Waals surface area contributed by atoms with Crippen molar-refractivity contribution in [3.05, 3.63) is 29.3 Å². The van der Waals surface area contributed by atoms with Gasteiger partial charge in [-0.1, -0.05) is 37.5 Å². The van der Waals surface area contributed by atoms with Gasteiger partial charge >= 0.3 is 0 Å². The van der Waals surface area contributed by atoms with Crippen LogP contribution in [0.3, 0.4) is 0 Å². The average molecular weight is 357 g/mol. The van der Waals surface area contributed by atoms with Crippen molar-refractivity contribution < 1.29 is 9.59 Å². The molecule has 142 valence electrons. The van der Waals surface area contributed by atoms with Crippen LogP contribution >= 0.6 is 0 Å². The highest BCUT2D eigenvalue weighted by Gasteiger charge is 2.28. The molecule has 1 N–H and O–H groups in total. The third-order valence-electron chi connectivity index (χ3n) is 5.75. The van der Waals surface area contributed by atoms with Crippen molar-refractivity contribution in [1.82, 2.24) is 9.80 Å². The third-order valence-corrected chi connectivity index (χ3v) is 5.75. The van der Waals surface area contributed by atoms with Crippen LogP contribution in [0, 0.1) is 19.8 Å². The topological polar surface area (TPSA) is 52.7 Å². The first-order valence-electron chi connectivity index (χ1n) is 9.92. The number of hydrogen-bond donors (Lipinski definition) is 1. The zero-order valence-electron chi connectivity index (χ0n) is 16.1. The largest absolute Gasteiger partial charge is 0.340 e. The van der Waals surface area contributed by atoms with Crippen LogP contribution in [0.25, 0.3) is 0 Å². The van der Waals surface area contributed by atoms with E-state index >= 15 is 0 Å². The van der Waals surface area contributed by atoms with E-state index in [9.17, 15) is 9.59 Å². The molecule has 1 aliphatic heterocycles. The highest BCUT2D eigenvalue weighted by atomic mass is 16.2. The Hall–Kier alpha value is -1.88. The maximum absolute atomic E-state index is 12.6. The highest BCUT2D eigenvalue weighted by molar-refractivity contribution is 5.93. The summed E-state index contributed by atoms with van der Waals surface area (Å²) in [4.78, 5) is 29.2. The lowest BCUT2D eigenvalue weighted by molar-refractivity contribution is -0.138. The van der Waals surface area contributed by atoms with Gasteiger partial charge in [-0.15, -0.1) is 0 Å². The number of carbonyl (C=O) groups is 2. The second-order valence-electron chi connectivity index (χ2n) is 7.75. The van der Waals surface area contributed by atoms with Crippen LogP contribution in [0.15, 0.2) is 18.2 Å². The lowest BCUT2D eigenvalue weighted by Crippen LogP contribution is -2.52. The molecule has 0 radical (unpaired) electrons. The maximum Gasteiger partial charge on any atom is 0.238 e. The number of nitrogens with zero attached hydrogens (tertiary/aromatic N) is 2. The van der Waals surface area contributed by atoms with E-state index in [4.69, 9.17) is 0 Å². The van der Waals surface area contributed by atoms with Gasteiger partial charge in [-0.3, -0.25) is 14.5 Å². The van der Waals surface area contributed by atoms with Crippen molar-refractivity contribution in [2.75, 3.05) is 38.0 Å². The van der Waals surface area contributed by atoms with Crippen LogP contribution in [-0.2, 0) is 9.59 Å². The predicted molar refractivity (Wildman–Crippen MR) is 104 cm³/mol. The van der Waals surface area contributed by atoms with E-state index in [1.807, 2.05) is 36.9 Å². The first kappa shape index (κ1) is 18.9. The molecule has 1 aromatic carbocycles. The molecule has 1 heterocycles. The first-order chi connectivity index (χ1) is 12.5. The average Bonchev–Trinajstić information content (AvgIpc) is 2.66. The van der Waals surface area contributed by atoms with Gasteiger partial charge in [-0.05, 0) is 37.8 Å². The van der Waals surface area contributed by atoms with Gasteiger partial charge in [0, 0.05) is 37.8 Å². The number of benzene rings is 1. The number of piperazine rings is 1. The van der Waals surface area contributed by atoms with Crippen molar-refractivity contribution >= 4 is 17.5 Å². The molecule has 26 heavy (non-hydrogen) atoms. The minimum Gasteiger partial charge on any atom is -0.340 e. The van der Waals surface area contributed by atoms with E-state index in [0.29, 0.717) is 12.5 Å². The van der Waals surface area contributed by atoms with E-state index in [2.05, 4.69) is 10.2 Å². The van der Waals surface area contributed by atoms with Crippen LogP contribution in [0.5, 0.6) is 0 Å². The number of amides is 2. The summed E-state index contributed by atoms with van der Waals surface area (Å²) < 4.78 is 0. The zero-order chi connectivity index (χ0) is 18.5. The molecular weight excluding hydrogens is 326 g/mol. The van der Waals surface area contributed by atoms with Gasteiger partial charge in [0.2, 0.25) is 11.8 Å². The van der Waals surface area contributed by atoms with Crippen molar-refractivity contribution in [2.45, 2.75) is 46.0 Å². The SMILES string of the molecule is Cc1cccc(C)c1NC(=O)CN1CCN(C(=O)C2CCCCC2)CC1. The van der Waals surface area contributed by atoms with Crippen LogP contribution in [0.1, 0.15) is 43.2 Å². The van der Waals surface area contributed by atoms with Crippen molar-refractivity contribution in [2.24, 2.45) is 5.92 Å². The summed E-state index contributed by atoms with van der Waals surface area (Å²) in [7, 11) is 0. The Labute approximate surface area is 156 Å². The zero-order valence-corrected chi connectivity index (χ0v) is 16.1. The number of nitrogens with one attached hydrogen (secondary N) is 1. The standard InChI is InChI=1S/C21H31N3O2/c1-16-7-6-8-17(2)20(16)22-19(25)15-23-11-13-24(14-12-23)21(26)18-9-4-3-5-10-18/h6-8,18H,3-5,9-15H2,1-2H3,(H,22,25). The Morgan fingerprint density at radius 3 is 2.23 bits per heavy atom. The van der Waals surface area contributed by atoms with Crippen LogP contribution < -0.4 is 5.32 Å². The molecule has 1 saturated heterocycles. The highest BCUT2D eigenvalue weighted by Crippen LogP contribution is 2.26. The second-order valence-corrected chi connectivity index (χ2v) is 7.75. The number of hydrogen-bond acceptors (Lipinski definition) is 3. The minimum absolute atomic E-state index is 0.0226. The molecule has 5 nitrogen and oxygen atoms in total. The molecule has 1 aromatic rings. The van der Waals surface area contributed by atoms with E-state index in [1.165, 1.54) is 19.3 Å². The van der Waals surface area contributed by atoms with Gasteiger partial charge in [0.15, 0.2) is 0 Å². The summed E-state index contributed by atoms with van der Waals surface area (Å²) in [5.74, 6) is 0.599. The maximum atomic E-state index is 12.6. The molecular formula is C21H31N3O2. The summed E-state index contributed by atoms with van der Waals surface area (Å²) in [6.45, 7) is 7.45. The Balaban J connectivity index is 1.46. The Bertz CT molecular complexity index is 624. The normalized spacial score (nSPS) is 19.4. The number of para-hydroxylation sites is 1. The fourth-order valence-corrected chi connectivity index (χ4v) is 4.13. The van der Waals surface area contributed by atoms with Gasteiger partial charge in [-0.2, -0.15) is 0 Å². The molecule has 1 aliphatic carbocycles. The first-order valence-corrected chi connectivity index (χ1v) is 9.92. The van der Waals surface area contributed by atoms with E-state index in [0.717, 1.165) is 55.8 Å². The van der Waals surface area contributed by atoms with Crippen LogP contribution in [-0.4, -0.2) is 54.3 Å². The molecule has 0 unspecified atom stereocenters. The van der Waals surface area contributed by atoms with Gasteiger partial charge < -0.3 is 10.2 Å². The van der Waals surface area contributed by atoms with E-state index < -0.39 is 0 Å². The molecule has 3 rings (SSSR count). The Morgan fingerprint density at radius 1 is 1.00 bits per heavy atom. The van der Waals surface area contributed by atoms with E-state index in [-0.39, 0.29) is 11.8 Å². The van der Waals surface area contributed by atoms with Gasteiger partial charge in [0.1, 0.15) is 0 Å². The fraction of sp³-hybridized carbons (Fsp3) is 0.619. The molecule has 2 aliphatic rings. The Morgan fingerprint density at radius 2 is 1.62 bits per heavy atom. The molecule has 1 saturated carbocycles. The Kier molecular flexibility index (Phi) is 6.30. The summed E-state index contributed by atoms with van der Waals surface area (Å²) in [6, 6.07) is 6.03. The van der Waals surface area contributed by atoms with Crippen LogP contribution in [0.2, 0.25) is 0 Å². The summed E-state index contributed by atoms with van der Waals surface area (Å²) in [6.07, 6.45) is 5.76. The van der Waals surface area contributed by atoms with Gasteiger partial charge in [0.25, 0.3) is 0 Å². The van der Waals surface area contributed by atoms with E-state index in [1.54, 1.807) is 0 Å². The van der Waals surface area contributed by atoms with Gasteiger partial charge in [0.05, 0.1) is 6.54 Å². The molecule has 5 heteroatoms. The van der Waals surface area contributed by atoms with Crippen molar-refractivity contribution in [1.29, 1.82) is 0 Å². The fourth-order valence-electron chi connectivity index (χ4n) is 4.13. The third kappa shape index (κ3) is 4.64. The molecule has 0 spiro atoms. The minimum atomic E-state index is 0.0226. The summed E-state index contributed by atoms with van der Waals surface area (Å²) in [5.41, 5.74) is 3.09. The predicted octanol–water partition coefficient (Wildman–Crippen LogP) is 2.97. The van der Waals surface area contributed by atoms with Crippen molar-refractivity contribution in [3.63, 3.8) is 0 Å². The van der Waals surface area contributed by atoms with Gasteiger partial charge in [-0.25, -0.2) is 0 Å². The molecule has 2 amide bonds. The quantitative estimate of drug-likeness (QED) is 0.901. The number of rotatable bonds is 4. The summed E-state index contributed by atoms with van der Waals surface area (Å²) >= 11 is 0. The molecule has 0 bridgehead atoms. The molecule has 0 aromatic heterocycles. The number of carbonyl (C=O) groups excluding carboxylic acids is 2. The second kappa shape index (κ2) is 8.67. The van der Waals surface area contributed by atoms with Crippen LogP contribution in [0.4, 0.5) is 5.69 Å².